The molecule has 1 atom stereocenters. The van der Waals surface area contributed by atoms with Crippen LogP contribution in [0.1, 0.15) is 53.4 Å². The third-order valence-electron chi connectivity index (χ3n) is 5.68. The highest BCUT2D eigenvalue weighted by molar-refractivity contribution is 5.84. The van der Waals surface area contributed by atoms with E-state index >= 15 is 0 Å². The van der Waals surface area contributed by atoms with Crippen LogP contribution >= 0.6 is 0 Å². The molecule has 1 aliphatic carbocycles. The standard InChI is InChI=1S/C15H28N2O/c1-14(2)12(15(14,3)4)13(18)17-10-6-5-7-11(17)8-9-16/h11-12H,5-10,16H2,1-4H3. The monoisotopic (exact) mass is 252 g/mol. The van der Waals surface area contributed by atoms with Gasteiger partial charge in [-0.05, 0) is 43.1 Å². The summed E-state index contributed by atoms with van der Waals surface area (Å²) in [5.41, 5.74) is 5.98. The van der Waals surface area contributed by atoms with Crippen LogP contribution in [-0.2, 0) is 4.79 Å². The Hall–Kier alpha value is -0.570. The lowest BCUT2D eigenvalue weighted by atomic mass is 9.98. The van der Waals surface area contributed by atoms with Crippen LogP contribution in [0.2, 0.25) is 0 Å². The largest absolute Gasteiger partial charge is 0.339 e. The molecule has 18 heavy (non-hydrogen) atoms. The maximum Gasteiger partial charge on any atom is 0.227 e. The van der Waals surface area contributed by atoms with E-state index in [9.17, 15) is 4.79 Å². The van der Waals surface area contributed by atoms with Crippen molar-refractivity contribution in [3.8, 4) is 0 Å². The number of carbonyl (C=O) groups excluding carboxylic acids is 1. The molecular weight excluding hydrogens is 224 g/mol. The van der Waals surface area contributed by atoms with E-state index in [0.29, 0.717) is 18.5 Å². The molecule has 2 fully saturated rings. The number of amides is 1. The Kier molecular flexibility index (Phi) is 3.48. The molecule has 1 heterocycles. The SMILES string of the molecule is CC1(C)C(C(=O)N2CCCCC2CCN)C1(C)C. The predicted octanol–water partition coefficient (Wildman–Crippen LogP) is 2.40. The lowest BCUT2D eigenvalue weighted by molar-refractivity contribution is -0.137. The Labute approximate surface area is 111 Å². The Morgan fingerprint density at radius 2 is 1.83 bits per heavy atom. The van der Waals surface area contributed by atoms with Crippen LogP contribution in [0, 0.1) is 16.7 Å². The number of hydrogen-bond acceptors (Lipinski definition) is 2. The quantitative estimate of drug-likeness (QED) is 0.838. The summed E-state index contributed by atoms with van der Waals surface area (Å²) >= 11 is 0. The van der Waals surface area contributed by atoms with E-state index in [1.54, 1.807) is 0 Å². The fraction of sp³-hybridized carbons (Fsp3) is 0.933. The molecule has 1 amide bonds. The smallest absolute Gasteiger partial charge is 0.227 e. The maximum atomic E-state index is 12.8. The number of rotatable bonds is 3. The minimum atomic E-state index is 0.148. The summed E-state index contributed by atoms with van der Waals surface area (Å²) in [7, 11) is 0. The molecule has 2 aliphatic rings. The first-order valence-electron chi connectivity index (χ1n) is 7.34. The molecule has 0 spiro atoms. The number of nitrogens with two attached hydrogens (primary N) is 1. The Morgan fingerprint density at radius 1 is 1.22 bits per heavy atom. The highest BCUT2D eigenvalue weighted by Crippen LogP contribution is 2.69. The zero-order valence-corrected chi connectivity index (χ0v) is 12.3. The summed E-state index contributed by atoms with van der Waals surface area (Å²) in [4.78, 5) is 14.9. The van der Waals surface area contributed by atoms with Crippen molar-refractivity contribution in [1.82, 2.24) is 4.90 Å². The lowest BCUT2D eigenvalue weighted by Gasteiger charge is -2.36. The van der Waals surface area contributed by atoms with Gasteiger partial charge in [-0.25, -0.2) is 0 Å². The van der Waals surface area contributed by atoms with Crippen molar-refractivity contribution in [1.29, 1.82) is 0 Å². The molecule has 2 N–H and O–H groups in total. The highest BCUT2D eigenvalue weighted by atomic mass is 16.2. The molecule has 0 bridgehead atoms. The van der Waals surface area contributed by atoms with Gasteiger partial charge in [0.05, 0.1) is 0 Å². The summed E-state index contributed by atoms with van der Waals surface area (Å²) < 4.78 is 0. The predicted molar refractivity (Wildman–Crippen MR) is 74.1 cm³/mol. The Bertz CT molecular complexity index is 319. The molecule has 1 saturated heterocycles. The maximum absolute atomic E-state index is 12.8. The fourth-order valence-corrected chi connectivity index (χ4v) is 3.76. The molecule has 1 aliphatic heterocycles. The summed E-state index contributed by atoms with van der Waals surface area (Å²) in [6.07, 6.45) is 4.49. The van der Waals surface area contributed by atoms with Crippen LogP contribution in [0.25, 0.3) is 0 Å². The molecule has 3 nitrogen and oxygen atoms in total. The second-order valence-electron chi connectivity index (χ2n) is 7.13. The third-order valence-corrected chi connectivity index (χ3v) is 5.68. The summed E-state index contributed by atoms with van der Waals surface area (Å²) in [5.74, 6) is 0.575. The van der Waals surface area contributed by atoms with Crippen molar-refractivity contribution >= 4 is 5.91 Å². The van der Waals surface area contributed by atoms with Crippen molar-refractivity contribution in [2.75, 3.05) is 13.1 Å². The van der Waals surface area contributed by atoms with Crippen molar-refractivity contribution in [2.45, 2.75) is 59.4 Å². The topological polar surface area (TPSA) is 46.3 Å². The summed E-state index contributed by atoms with van der Waals surface area (Å²) in [6, 6.07) is 0.392. The van der Waals surface area contributed by atoms with Crippen molar-refractivity contribution in [2.24, 2.45) is 22.5 Å². The van der Waals surface area contributed by atoms with E-state index in [1.807, 2.05) is 0 Å². The molecule has 0 aromatic carbocycles. The van der Waals surface area contributed by atoms with E-state index in [4.69, 9.17) is 5.73 Å². The van der Waals surface area contributed by atoms with E-state index in [0.717, 1.165) is 25.8 Å². The summed E-state index contributed by atoms with van der Waals surface area (Å²) in [5, 5.41) is 0. The normalized spacial score (nSPS) is 30.3. The molecule has 0 radical (unpaired) electrons. The van der Waals surface area contributed by atoms with Gasteiger partial charge in [-0.2, -0.15) is 0 Å². The number of piperidine rings is 1. The van der Waals surface area contributed by atoms with Gasteiger partial charge in [0.2, 0.25) is 5.91 Å². The van der Waals surface area contributed by atoms with Crippen molar-refractivity contribution in [3.05, 3.63) is 0 Å². The lowest BCUT2D eigenvalue weighted by Crippen LogP contribution is -2.46. The molecule has 104 valence electrons. The van der Waals surface area contributed by atoms with E-state index in [2.05, 4.69) is 32.6 Å². The first-order chi connectivity index (χ1) is 8.34. The van der Waals surface area contributed by atoms with Gasteiger partial charge >= 0.3 is 0 Å². The Morgan fingerprint density at radius 3 is 2.33 bits per heavy atom. The number of likely N-dealkylation sites (tertiary alicyclic amines) is 1. The van der Waals surface area contributed by atoms with Gasteiger partial charge in [-0.15, -0.1) is 0 Å². The van der Waals surface area contributed by atoms with E-state index in [-0.39, 0.29) is 16.7 Å². The first kappa shape index (κ1) is 13.9. The second-order valence-corrected chi connectivity index (χ2v) is 7.13. The average molecular weight is 252 g/mol. The highest BCUT2D eigenvalue weighted by Gasteiger charge is 2.69. The van der Waals surface area contributed by atoms with Crippen LogP contribution < -0.4 is 5.73 Å². The first-order valence-corrected chi connectivity index (χ1v) is 7.34. The number of nitrogens with zero attached hydrogens (tertiary/aromatic N) is 1. The second kappa shape index (κ2) is 4.52. The van der Waals surface area contributed by atoms with Gasteiger partial charge in [0.25, 0.3) is 0 Å². The third kappa shape index (κ3) is 1.97. The molecular formula is C15H28N2O. The van der Waals surface area contributed by atoms with Gasteiger partial charge in [-0.1, -0.05) is 27.7 Å². The molecule has 3 heteroatoms. The van der Waals surface area contributed by atoms with Crippen LogP contribution in [-0.4, -0.2) is 29.9 Å². The Balaban J connectivity index is 2.08. The van der Waals surface area contributed by atoms with Gasteiger partial charge < -0.3 is 10.6 Å². The van der Waals surface area contributed by atoms with E-state index in [1.165, 1.54) is 6.42 Å². The van der Waals surface area contributed by atoms with Gasteiger partial charge in [0.15, 0.2) is 0 Å². The van der Waals surface area contributed by atoms with Crippen LogP contribution in [0.15, 0.2) is 0 Å². The molecule has 0 aromatic heterocycles. The summed E-state index contributed by atoms with van der Waals surface area (Å²) in [6.45, 7) is 10.5. The zero-order valence-electron chi connectivity index (χ0n) is 12.3. The number of hydrogen-bond donors (Lipinski definition) is 1. The van der Waals surface area contributed by atoms with Crippen molar-refractivity contribution < 1.29 is 4.79 Å². The van der Waals surface area contributed by atoms with Crippen LogP contribution in [0.4, 0.5) is 0 Å². The van der Waals surface area contributed by atoms with Gasteiger partial charge in [0.1, 0.15) is 0 Å². The number of carbonyl (C=O) groups is 1. The van der Waals surface area contributed by atoms with E-state index < -0.39 is 0 Å². The minimum absolute atomic E-state index is 0.148. The van der Waals surface area contributed by atoms with Crippen molar-refractivity contribution in [3.63, 3.8) is 0 Å². The molecule has 2 rings (SSSR count). The van der Waals surface area contributed by atoms with Crippen LogP contribution in [0.3, 0.4) is 0 Å². The zero-order chi connectivity index (χ0) is 13.6. The fourth-order valence-electron chi connectivity index (χ4n) is 3.76. The molecule has 0 aromatic rings. The van der Waals surface area contributed by atoms with Gasteiger partial charge in [-0.3, -0.25) is 4.79 Å². The molecule has 1 unspecified atom stereocenters. The minimum Gasteiger partial charge on any atom is -0.339 e. The van der Waals surface area contributed by atoms with Gasteiger partial charge in [0, 0.05) is 18.5 Å². The molecule has 1 saturated carbocycles. The van der Waals surface area contributed by atoms with Crippen LogP contribution in [0.5, 0.6) is 0 Å². The average Bonchev–Trinajstić information content (AvgIpc) is 2.70.